The number of pyridine rings is 1. The van der Waals surface area contributed by atoms with E-state index in [1.54, 1.807) is 6.20 Å². The highest BCUT2D eigenvalue weighted by atomic mass is 35.5. The van der Waals surface area contributed by atoms with E-state index >= 15 is 0 Å². The molecular formula is C9H8ClN3. The number of aromatic amines is 1. The van der Waals surface area contributed by atoms with E-state index in [-0.39, 0.29) is 0 Å². The maximum absolute atomic E-state index is 6.08. The Labute approximate surface area is 80.1 Å². The maximum atomic E-state index is 6.08. The molecule has 0 aromatic carbocycles. The van der Waals surface area contributed by atoms with Crippen LogP contribution in [0, 0.1) is 0 Å². The average molecular weight is 194 g/mol. The molecule has 0 bridgehead atoms. The van der Waals surface area contributed by atoms with Crippen LogP contribution in [0.1, 0.15) is 24.5 Å². The number of nitrogens with zero attached hydrogens (tertiary/aromatic N) is 2. The second-order valence-corrected chi connectivity index (χ2v) is 3.84. The second kappa shape index (κ2) is 2.45. The van der Waals surface area contributed by atoms with Crippen LogP contribution in [0.2, 0.25) is 5.02 Å². The number of rotatable bonds is 1. The van der Waals surface area contributed by atoms with Crippen molar-refractivity contribution >= 4 is 22.6 Å². The Morgan fingerprint density at radius 3 is 3.08 bits per heavy atom. The first-order valence-corrected chi connectivity index (χ1v) is 4.72. The molecule has 2 heterocycles. The molecule has 66 valence electrons. The summed E-state index contributed by atoms with van der Waals surface area (Å²) < 4.78 is 0. The van der Waals surface area contributed by atoms with Gasteiger partial charge < -0.3 is 0 Å². The smallest absolute Gasteiger partial charge is 0.156 e. The highest BCUT2D eigenvalue weighted by molar-refractivity contribution is 6.35. The van der Waals surface area contributed by atoms with Crippen molar-refractivity contribution in [3.8, 4) is 0 Å². The van der Waals surface area contributed by atoms with Gasteiger partial charge in [0, 0.05) is 11.6 Å². The van der Waals surface area contributed by atoms with Crippen LogP contribution in [0.5, 0.6) is 0 Å². The van der Waals surface area contributed by atoms with Crippen molar-refractivity contribution in [2.24, 2.45) is 0 Å². The summed E-state index contributed by atoms with van der Waals surface area (Å²) in [6.07, 6.45) is 4.19. The summed E-state index contributed by atoms with van der Waals surface area (Å²) in [5, 5.41) is 8.41. The fourth-order valence-corrected chi connectivity index (χ4v) is 1.75. The van der Waals surface area contributed by atoms with Crippen LogP contribution in [0.3, 0.4) is 0 Å². The third-order valence-corrected chi connectivity index (χ3v) is 2.70. The van der Waals surface area contributed by atoms with E-state index in [0.29, 0.717) is 5.92 Å². The molecule has 3 rings (SSSR count). The number of halogens is 1. The van der Waals surface area contributed by atoms with Crippen molar-refractivity contribution in [3.63, 3.8) is 0 Å². The highest BCUT2D eigenvalue weighted by Gasteiger charge is 2.25. The largest absolute Gasteiger partial charge is 0.261 e. The first kappa shape index (κ1) is 7.33. The quantitative estimate of drug-likeness (QED) is 0.756. The zero-order chi connectivity index (χ0) is 8.84. The van der Waals surface area contributed by atoms with Crippen molar-refractivity contribution in [1.82, 2.24) is 15.2 Å². The number of hydrogen-bond acceptors (Lipinski definition) is 2. The summed E-state index contributed by atoms with van der Waals surface area (Å²) in [5.74, 6) is 0.630. The first-order chi connectivity index (χ1) is 6.34. The van der Waals surface area contributed by atoms with E-state index in [2.05, 4.69) is 15.2 Å². The zero-order valence-corrected chi connectivity index (χ0v) is 7.67. The topological polar surface area (TPSA) is 41.6 Å². The highest BCUT2D eigenvalue weighted by Crippen LogP contribution is 2.40. The van der Waals surface area contributed by atoms with Gasteiger partial charge in [-0.05, 0) is 18.9 Å². The second-order valence-electron chi connectivity index (χ2n) is 3.44. The molecule has 13 heavy (non-hydrogen) atoms. The molecule has 0 saturated heterocycles. The molecule has 3 nitrogen and oxygen atoms in total. The third-order valence-electron chi connectivity index (χ3n) is 2.39. The van der Waals surface area contributed by atoms with Crippen molar-refractivity contribution in [2.45, 2.75) is 18.8 Å². The Morgan fingerprint density at radius 2 is 2.31 bits per heavy atom. The minimum absolute atomic E-state index is 0.630. The van der Waals surface area contributed by atoms with Crippen molar-refractivity contribution in [3.05, 3.63) is 23.0 Å². The lowest BCUT2D eigenvalue weighted by Crippen LogP contribution is -1.87. The fourth-order valence-electron chi connectivity index (χ4n) is 1.50. The van der Waals surface area contributed by atoms with Gasteiger partial charge in [-0.25, -0.2) is 4.98 Å². The number of H-pyrrole nitrogens is 1. The summed E-state index contributed by atoms with van der Waals surface area (Å²) in [5.41, 5.74) is 1.90. The first-order valence-electron chi connectivity index (χ1n) is 4.34. The predicted octanol–water partition coefficient (Wildman–Crippen LogP) is 2.49. The summed E-state index contributed by atoms with van der Waals surface area (Å²) in [7, 11) is 0. The predicted molar refractivity (Wildman–Crippen MR) is 50.9 cm³/mol. The Balaban J connectivity index is 2.27. The van der Waals surface area contributed by atoms with E-state index in [9.17, 15) is 0 Å². The molecular weight excluding hydrogens is 186 g/mol. The van der Waals surface area contributed by atoms with Crippen LogP contribution in [0.4, 0.5) is 0 Å². The molecule has 0 amide bonds. The van der Waals surface area contributed by atoms with E-state index in [1.165, 1.54) is 12.8 Å². The van der Waals surface area contributed by atoms with Gasteiger partial charge in [-0.1, -0.05) is 11.6 Å². The van der Waals surface area contributed by atoms with E-state index in [4.69, 9.17) is 11.6 Å². The molecule has 1 aliphatic carbocycles. The number of hydrogen-bond donors (Lipinski definition) is 1. The van der Waals surface area contributed by atoms with Crippen LogP contribution in [0.25, 0.3) is 11.0 Å². The third kappa shape index (κ3) is 1.11. The van der Waals surface area contributed by atoms with Gasteiger partial charge in [-0.15, -0.1) is 0 Å². The van der Waals surface area contributed by atoms with Crippen LogP contribution >= 0.6 is 11.6 Å². The maximum Gasteiger partial charge on any atom is 0.156 e. The normalized spacial score (nSPS) is 16.7. The van der Waals surface area contributed by atoms with Crippen molar-refractivity contribution in [2.75, 3.05) is 0 Å². The Kier molecular flexibility index (Phi) is 1.38. The minimum atomic E-state index is 0.630. The fraction of sp³-hybridized carbons (Fsp3) is 0.333. The number of nitrogens with one attached hydrogen (secondary N) is 1. The Hall–Kier alpha value is -1.09. The summed E-state index contributed by atoms with van der Waals surface area (Å²) in [6, 6.07) is 1.96. The van der Waals surface area contributed by atoms with Gasteiger partial charge in [0.1, 0.15) is 0 Å². The lowest BCUT2D eigenvalue weighted by atomic mass is 10.2. The summed E-state index contributed by atoms with van der Waals surface area (Å²) >= 11 is 6.08. The molecule has 1 fully saturated rings. The number of fused-ring (bicyclic) bond motifs is 1. The van der Waals surface area contributed by atoms with Crippen LogP contribution < -0.4 is 0 Å². The molecule has 1 aliphatic rings. The van der Waals surface area contributed by atoms with Gasteiger partial charge in [-0.2, -0.15) is 5.10 Å². The average Bonchev–Trinajstić information content (AvgIpc) is 2.85. The Bertz CT molecular complexity index is 459. The van der Waals surface area contributed by atoms with Gasteiger partial charge in [0.2, 0.25) is 0 Å². The van der Waals surface area contributed by atoms with Crippen LogP contribution in [-0.2, 0) is 0 Å². The lowest BCUT2D eigenvalue weighted by molar-refractivity contribution is 1.02. The molecule has 1 saturated carbocycles. The van der Waals surface area contributed by atoms with E-state index < -0.39 is 0 Å². The summed E-state index contributed by atoms with van der Waals surface area (Å²) in [6.45, 7) is 0. The molecule has 0 radical (unpaired) electrons. The van der Waals surface area contributed by atoms with Crippen molar-refractivity contribution in [1.29, 1.82) is 0 Å². The lowest BCUT2D eigenvalue weighted by Gasteiger charge is -1.98. The van der Waals surface area contributed by atoms with Gasteiger partial charge in [0.15, 0.2) is 5.65 Å². The molecule has 2 aromatic heterocycles. The van der Waals surface area contributed by atoms with Gasteiger partial charge >= 0.3 is 0 Å². The zero-order valence-electron chi connectivity index (χ0n) is 6.92. The monoisotopic (exact) mass is 193 g/mol. The van der Waals surface area contributed by atoms with Gasteiger partial charge in [0.05, 0.1) is 16.6 Å². The SMILES string of the molecule is Clc1cc(C2CC2)nc2[nH]ncc12. The van der Waals surface area contributed by atoms with Gasteiger partial charge in [0.25, 0.3) is 0 Å². The van der Waals surface area contributed by atoms with Crippen LogP contribution in [0.15, 0.2) is 12.3 Å². The van der Waals surface area contributed by atoms with Crippen molar-refractivity contribution < 1.29 is 0 Å². The van der Waals surface area contributed by atoms with E-state index in [0.717, 1.165) is 21.7 Å². The Morgan fingerprint density at radius 1 is 1.46 bits per heavy atom. The standard InChI is InChI=1S/C9H8ClN3/c10-7-3-8(5-1-2-5)12-9-6(7)4-11-13-9/h3-5H,1-2H2,(H,11,12,13). The number of aromatic nitrogens is 3. The van der Waals surface area contributed by atoms with Gasteiger partial charge in [-0.3, -0.25) is 5.10 Å². The minimum Gasteiger partial charge on any atom is -0.261 e. The molecule has 0 atom stereocenters. The van der Waals surface area contributed by atoms with E-state index in [1.807, 2.05) is 6.07 Å². The summed E-state index contributed by atoms with van der Waals surface area (Å²) in [4.78, 5) is 4.46. The molecule has 0 unspecified atom stereocenters. The molecule has 0 spiro atoms. The molecule has 2 aromatic rings. The molecule has 0 aliphatic heterocycles. The van der Waals surface area contributed by atoms with Crippen LogP contribution in [-0.4, -0.2) is 15.2 Å². The molecule has 1 N–H and O–H groups in total. The molecule has 4 heteroatoms.